The molecule has 0 saturated carbocycles. The van der Waals surface area contributed by atoms with Gasteiger partial charge in [-0.1, -0.05) is 0 Å². The lowest BCUT2D eigenvalue weighted by Gasteiger charge is -2.24. The molecule has 2 rings (SSSR count). The van der Waals surface area contributed by atoms with Gasteiger partial charge in [0, 0.05) is 29.8 Å². The number of hydrogen-bond donors (Lipinski definition) is 2. The average Bonchev–Trinajstić information content (AvgIpc) is 2.42. The third-order valence-corrected chi connectivity index (χ3v) is 4.59. The van der Waals surface area contributed by atoms with E-state index in [1.165, 1.54) is 0 Å². The van der Waals surface area contributed by atoms with Crippen LogP contribution in [0.4, 0.5) is 11.4 Å². The first-order valence-corrected chi connectivity index (χ1v) is 7.49. The van der Waals surface area contributed by atoms with Crippen LogP contribution in [0.5, 0.6) is 0 Å². The second kappa shape index (κ2) is 6.82. The maximum atomic E-state index is 12.1. The van der Waals surface area contributed by atoms with Gasteiger partial charge in [0.1, 0.15) is 0 Å². The lowest BCUT2D eigenvalue weighted by Crippen LogP contribution is -2.27. The highest BCUT2D eigenvalue weighted by molar-refractivity contribution is 8.01. The van der Waals surface area contributed by atoms with Crippen molar-refractivity contribution < 1.29 is 9.53 Å². The smallest absolute Gasteiger partial charge is 0.237 e. The average molecular weight is 280 g/mol. The molecule has 1 aliphatic heterocycles. The number of hydrogen-bond acceptors (Lipinski definition) is 4. The summed E-state index contributed by atoms with van der Waals surface area (Å²) >= 11 is 1.73. The molecule has 0 bridgehead atoms. The molecule has 0 spiro atoms. The SMILES string of the molecule is CC(SC1CCOCC1)C(=O)Nc1ccc(N)cc1. The molecule has 1 amide bonds. The summed E-state index contributed by atoms with van der Waals surface area (Å²) in [6.45, 7) is 3.57. The zero-order valence-electron chi connectivity index (χ0n) is 11.1. The molecular weight excluding hydrogens is 260 g/mol. The summed E-state index contributed by atoms with van der Waals surface area (Å²) in [5, 5.41) is 3.39. The van der Waals surface area contributed by atoms with Gasteiger partial charge in [0.15, 0.2) is 0 Å². The summed E-state index contributed by atoms with van der Waals surface area (Å²) in [5.74, 6) is 0.0428. The van der Waals surface area contributed by atoms with E-state index in [9.17, 15) is 4.79 Å². The quantitative estimate of drug-likeness (QED) is 0.832. The van der Waals surface area contributed by atoms with Crippen LogP contribution >= 0.6 is 11.8 Å². The van der Waals surface area contributed by atoms with Crippen molar-refractivity contribution in [3.05, 3.63) is 24.3 Å². The minimum atomic E-state index is -0.0550. The third kappa shape index (κ3) is 4.44. The summed E-state index contributed by atoms with van der Waals surface area (Å²) < 4.78 is 5.32. The lowest BCUT2D eigenvalue weighted by atomic mass is 10.2. The Labute approximate surface area is 118 Å². The highest BCUT2D eigenvalue weighted by Gasteiger charge is 2.21. The van der Waals surface area contributed by atoms with E-state index in [1.54, 1.807) is 23.9 Å². The van der Waals surface area contributed by atoms with Crippen molar-refractivity contribution in [2.24, 2.45) is 0 Å². The van der Waals surface area contributed by atoms with Gasteiger partial charge in [-0.3, -0.25) is 4.79 Å². The fraction of sp³-hybridized carbons (Fsp3) is 0.500. The standard InChI is InChI=1S/C14H20N2O2S/c1-10(19-13-6-8-18-9-7-13)14(17)16-12-4-2-11(15)3-5-12/h2-5,10,13H,6-9,15H2,1H3,(H,16,17). The molecule has 1 heterocycles. The van der Waals surface area contributed by atoms with Crippen LogP contribution in [0.15, 0.2) is 24.3 Å². The third-order valence-electron chi connectivity index (χ3n) is 3.11. The molecule has 1 aromatic rings. The first kappa shape index (κ1) is 14.2. The van der Waals surface area contributed by atoms with Crippen molar-refractivity contribution in [1.29, 1.82) is 0 Å². The fourth-order valence-corrected chi connectivity index (χ4v) is 3.20. The molecule has 1 saturated heterocycles. The number of nitrogen functional groups attached to an aromatic ring is 1. The van der Waals surface area contributed by atoms with Crippen LogP contribution in [0, 0.1) is 0 Å². The van der Waals surface area contributed by atoms with Crippen molar-refractivity contribution in [3.63, 3.8) is 0 Å². The number of ether oxygens (including phenoxy) is 1. The minimum Gasteiger partial charge on any atom is -0.399 e. The Morgan fingerprint density at radius 3 is 2.63 bits per heavy atom. The van der Waals surface area contributed by atoms with Crippen LogP contribution in [0.1, 0.15) is 19.8 Å². The Bertz CT molecular complexity index is 416. The Hall–Kier alpha value is -1.20. The van der Waals surface area contributed by atoms with E-state index in [0.717, 1.165) is 31.7 Å². The Kier molecular flexibility index (Phi) is 5.10. The molecule has 0 radical (unpaired) electrons. The van der Waals surface area contributed by atoms with Crippen LogP contribution in [-0.2, 0) is 9.53 Å². The van der Waals surface area contributed by atoms with Crippen molar-refractivity contribution in [1.82, 2.24) is 0 Å². The fourth-order valence-electron chi connectivity index (χ4n) is 1.97. The predicted octanol–water partition coefficient (Wildman–Crippen LogP) is 2.51. The second-order valence-corrected chi connectivity index (χ2v) is 6.35. The highest BCUT2D eigenvalue weighted by Crippen LogP contribution is 2.26. The highest BCUT2D eigenvalue weighted by atomic mass is 32.2. The van der Waals surface area contributed by atoms with Crippen LogP contribution in [0.2, 0.25) is 0 Å². The Morgan fingerprint density at radius 2 is 2.00 bits per heavy atom. The molecule has 0 aromatic heterocycles. The van der Waals surface area contributed by atoms with E-state index in [4.69, 9.17) is 10.5 Å². The van der Waals surface area contributed by atoms with Crippen molar-refractivity contribution >= 4 is 29.0 Å². The normalized spacial score (nSPS) is 17.9. The number of benzene rings is 1. The second-order valence-electron chi connectivity index (χ2n) is 4.70. The molecule has 1 fully saturated rings. The summed E-state index contributed by atoms with van der Waals surface area (Å²) in [6.07, 6.45) is 2.06. The van der Waals surface area contributed by atoms with Gasteiger partial charge in [-0.2, -0.15) is 0 Å². The molecule has 1 aliphatic rings. The van der Waals surface area contributed by atoms with Gasteiger partial charge in [-0.25, -0.2) is 0 Å². The van der Waals surface area contributed by atoms with Gasteiger partial charge in [0.2, 0.25) is 5.91 Å². The molecule has 1 aromatic carbocycles. The molecule has 3 N–H and O–H groups in total. The molecule has 1 atom stereocenters. The maximum Gasteiger partial charge on any atom is 0.237 e. The molecule has 1 unspecified atom stereocenters. The monoisotopic (exact) mass is 280 g/mol. The first-order chi connectivity index (χ1) is 9.15. The number of nitrogens with two attached hydrogens (primary N) is 1. The molecule has 0 aliphatic carbocycles. The van der Waals surface area contributed by atoms with Gasteiger partial charge < -0.3 is 15.8 Å². The van der Waals surface area contributed by atoms with E-state index >= 15 is 0 Å². The summed E-state index contributed by atoms with van der Waals surface area (Å²) in [6, 6.07) is 7.20. The Morgan fingerprint density at radius 1 is 1.37 bits per heavy atom. The van der Waals surface area contributed by atoms with Gasteiger partial charge in [-0.15, -0.1) is 11.8 Å². The van der Waals surface area contributed by atoms with E-state index in [2.05, 4.69) is 5.32 Å². The predicted molar refractivity (Wildman–Crippen MR) is 80.4 cm³/mol. The number of carbonyl (C=O) groups excluding carboxylic acids is 1. The van der Waals surface area contributed by atoms with E-state index < -0.39 is 0 Å². The molecule has 4 nitrogen and oxygen atoms in total. The first-order valence-electron chi connectivity index (χ1n) is 6.55. The minimum absolute atomic E-state index is 0.0428. The van der Waals surface area contributed by atoms with Gasteiger partial charge >= 0.3 is 0 Å². The maximum absolute atomic E-state index is 12.1. The van der Waals surface area contributed by atoms with E-state index in [0.29, 0.717) is 10.9 Å². The van der Waals surface area contributed by atoms with E-state index in [-0.39, 0.29) is 11.2 Å². The number of anilines is 2. The number of nitrogens with one attached hydrogen (secondary N) is 1. The number of rotatable bonds is 4. The summed E-state index contributed by atoms with van der Waals surface area (Å²) in [7, 11) is 0. The zero-order valence-corrected chi connectivity index (χ0v) is 11.9. The molecular formula is C14H20N2O2S. The van der Waals surface area contributed by atoms with Crippen LogP contribution in [0.25, 0.3) is 0 Å². The van der Waals surface area contributed by atoms with Gasteiger partial charge in [0.25, 0.3) is 0 Å². The molecule has 5 heteroatoms. The molecule has 104 valence electrons. The van der Waals surface area contributed by atoms with Crippen molar-refractivity contribution in [2.45, 2.75) is 30.3 Å². The van der Waals surface area contributed by atoms with Crippen molar-refractivity contribution in [3.8, 4) is 0 Å². The van der Waals surface area contributed by atoms with Crippen LogP contribution < -0.4 is 11.1 Å². The van der Waals surface area contributed by atoms with Crippen LogP contribution in [-0.4, -0.2) is 29.6 Å². The summed E-state index contributed by atoms with van der Waals surface area (Å²) in [4.78, 5) is 12.1. The largest absolute Gasteiger partial charge is 0.399 e. The van der Waals surface area contributed by atoms with Crippen molar-refractivity contribution in [2.75, 3.05) is 24.3 Å². The van der Waals surface area contributed by atoms with Gasteiger partial charge in [-0.05, 0) is 44.0 Å². The van der Waals surface area contributed by atoms with Gasteiger partial charge in [0.05, 0.1) is 5.25 Å². The van der Waals surface area contributed by atoms with E-state index in [1.807, 2.05) is 19.1 Å². The van der Waals surface area contributed by atoms with Crippen LogP contribution in [0.3, 0.4) is 0 Å². The Balaban J connectivity index is 1.83. The number of thioether (sulfide) groups is 1. The summed E-state index contributed by atoms with van der Waals surface area (Å²) in [5.41, 5.74) is 7.10. The number of carbonyl (C=O) groups is 1. The molecule has 19 heavy (non-hydrogen) atoms. The number of amides is 1. The zero-order chi connectivity index (χ0) is 13.7. The topological polar surface area (TPSA) is 64.3 Å². The lowest BCUT2D eigenvalue weighted by molar-refractivity contribution is -0.115.